The second-order valence-corrected chi connectivity index (χ2v) is 13.2. The molecule has 3 N–H and O–H groups in total. The predicted octanol–water partition coefficient (Wildman–Crippen LogP) is 5.75. The molecule has 0 radical (unpaired) electrons. The zero-order valence-corrected chi connectivity index (χ0v) is 25.6. The number of hydrogen-bond donors (Lipinski definition) is 3. The molecule has 0 saturated heterocycles. The number of aliphatic hydroxyl groups is 1. The Morgan fingerprint density at radius 1 is 1.07 bits per heavy atom. The number of H-pyrrole nitrogens is 1. The molecule has 0 saturated carbocycles. The molecule has 6 nitrogen and oxygen atoms in total. The van der Waals surface area contributed by atoms with E-state index in [2.05, 4.69) is 67.9 Å². The van der Waals surface area contributed by atoms with Crippen LogP contribution in [0.2, 0.25) is 0 Å². The van der Waals surface area contributed by atoms with Gasteiger partial charge < -0.3 is 25.2 Å². The minimum Gasteiger partial charge on any atom is -0.764 e. The third kappa shape index (κ3) is 4.78. The number of carboxylic acids is 1. The molecule has 2 heterocycles. The summed E-state index contributed by atoms with van der Waals surface area (Å²) in [6, 6.07) is 16.5. The first-order valence-corrected chi connectivity index (χ1v) is 15.2. The number of carbonyl (C=O) groups is 1. The summed E-state index contributed by atoms with van der Waals surface area (Å²) in [6.45, 7) is 8.60. The van der Waals surface area contributed by atoms with Gasteiger partial charge in [0.2, 0.25) is 5.76 Å². The van der Waals surface area contributed by atoms with Crippen LogP contribution in [0, 0.1) is 17.4 Å². The first-order valence-electron chi connectivity index (χ1n) is 15.2. The van der Waals surface area contributed by atoms with E-state index in [-0.39, 0.29) is 23.7 Å². The molecule has 0 fully saturated rings. The number of fused-ring (bicyclic) bond motifs is 4. The number of carboxylic acid groups (broad SMARTS) is 1. The van der Waals surface area contributed by atoms with E-state index < -0.39 is 17.3 Å². The number of benzene rings is 2. The van der Waals surface area contributed by atoms with E-state index in [1.54, 1.807) is 0 Å². The number of anilines is 1. The molecule has 3 aromatic rings. The third-order valence-electron chi connectivity index (χ3n) is 9.55. The number of unbranched alkanes of at least 4 members (excludes halogenated alkanes) is 2. The number of nitrogens with zero attached hydrogens (tertiary/aromatic N) is 1. The van der Waals surface area contributed by atoms with Crippen LogP contribution in [0.1, 0.15) is 65.4 Å². The molecule has 2 aliphatic carbocycles. The van der Waals surface area contributed by atoms with Crippen molar-refractivity contribution in [1.29, 1.82) is 0 Å². The molecule has 0 spiro atoms. The standard InChI is InChI=1S/C37H40N2O4/c1-36(2)21-29-33(23-14-9-11-16-28(23)38-29)22(13-7-6-8-18-32(40)41)27(36)19-24-34(42)25(35(24)43)20-31-37(3,4)26-15-10-12-17-30(26)39(31)5/h9-12,14-17,19-21,25,38,42H,6-8,13,18H2,1-5H3,(H,40,41). The molecule has 3 aliphatic rings. The van der Waals surface area contributed by atoms with Gasteiger partial charge in [-0.3, -0.25) is 4.79 Å². The van der Waals surface area contributed by atoms with E-state index >= 15 is 0 Å². The molecule has 1 aromatic heterocycles. The largest absolute Gasteiger partial charge is 0.764 e. The normalized spacial score (nSPS) is 22.2. The van der Waals surface area contributed by atoms with Gasteiger partial charge in [0.1, 0.15) is 5.92 Å². The molecular formula is C37H40N2O4. The smallest absolute Gasteiger partial charge is 0.303 e. The van der Waals surface area contributed by atoms with Crippen LogP contribution in [-0.2, 0) is 10.2 Å². The Balaban J connectivity index is 1.41. The SMILES string of the molecule is CN1C(=CC2C(O)=C(C=C3C(CCCCCC(=O)O)=c4c([nH]c5ccccc45)=CC3(C)C)[C+]2[O-])C(C)(C)c2ccccc21. The summed E-state index contributed by atoms with van der Waals surface area (Å²) in [5.41, 5.74) is 6.26. The lowest BCUT2D eigenvalue weighted by molar-refractivity contribution is -0.358. The summed E-state index contributed by atoms with van der Waals surface area (Å²) in [7, 11) is 2.02. The van der Waals surface area contributed by atoms with E-state index in [9.17, 15) is 15.0 Å². The zero-order chi connectivity index (χ0) is 30.7. The second kappa shape index (κ2) is 10.5. The van der Waals surface area contributed by atoms with Crippen molar-refractivity contribution < 1.29 is 20.1 Å². The molecule has 1 unspecified atom stereocenters. The summed E-state index contributed by atoms with van der Waals surface area (Å²) in [6.07, 6.45) is 9.19. The molecule has 2 aromatic carbocycles. The van der Waals surface area contributed by atoms with Gasteiger partial charge in [0.05, 0.1) is 6.08 Å². The van der Waals surface area contributed by atoms with Crippen LogP contribution in [0.25, 0.3) is 22.6 Å². The average Bonchev–Trinajstić information content (AvgIpc) is 3.41. The van der Waals surface area contributed by atoms with Crippen LogP contribution in [0.4, 0.5) is 5.69 Å². The molecular weight excluding hydrogens is 536 g/mol. The molecule has 1 atom stereocenters. The number of rotatable bonds is 8. The third-order valence-corrected chi connectivity index (χ3v) is 9.55. The van der Waals surface area contributed by atoms with Crippen LogP contribution in [0.3, 0.4) is 0 Å². The maximum Gasteiger partial charge on any atom is 0.303 e. The first-order chi connectivity index (χ1) is 20.4. The van der Waals surface area contributed by atoms with Gasteiger partial charge in [-0.05, 0) is 60.8 Å². The minimum absolute atomic E-state index is 0.0704. The van der Waals surface area contributed by atoms with Crippen LogP contribution in [-0.4, -0.2) is 28.2 Å². The number of aliphatic carboxylic acids is 1. The summed E-state index contributed by atoms with van der Waals surface area (Å²) in [5.74, 6) is -1.32. The van der Waals surface area contributed by atoms with Crippen molar-refractivity contribution >= 4 is 34.2 Å². The number of aromatic amines is 1. The van der Waals surface area contributed by atoms with Crippen molar-refractivity contribution in [2.24, 2.45) is 11.3 Å². The monoisotopic (exact) mass is 576 g/mol. The number of allylic oxidation sites excluding steroid dienone is 2. The molecule has 1 aliphatic heterocycles. The highest BCUT2D eigenvalue weighted by Gasteiger charge is 2.46. The van der Waals surface area contributed by atoms with Gasteiger partial charge in [-0.15, -0.1) is 0 Å². The molecule has 0 bridgehead atoms. The van der Waals surface area contributed by atoms with Crippen molar-refractivity contribution in [3.63, 3.8) is 0 Å². The number of aromatic nitrogens is 1. The number of aliphatic hydroxyl groups excluding tert-OH is 1. The molecule has 6 heteroatoms. The van der Waals surface area contributed by atoms with Crippen LogP contribution < -0.4 is 20.6 Å². The van der Waals surface area contributed by atoms with E-state index in [0.29, 0.717) is 12.0 Å². The molecule has 0 amide bonds. The second-order valence-electron chi connectivity index (χ2n) is 13.2. The summed E-state index contributed by atoms with van der Waals surface area (Å²) in [4.78, 5) is 16.8. The van der Waals surface area contributed by atoms with E-state index in [0.717, 1.165) is 63.3 Å². The Labute approximate surface area is 253 Å². The number of likely N-dealkylation sites (N-methyl/N-ethyl adjacent to an activating group) is 1. The van der Waals surface area contributed by atoms with Gasteiger partial charge >= 0.3 is 5.97 Å². The highest BCUT2D eigenvalue weighted by Crippen LogP contribution is 2.50. The number of hydrogen-bond acceptors (Lipinski definition) is 4. The molecule has 6 rings (SSSR count). The minimum atomic E-state index is -0.771. The topological polar surface area (TPSA) is 99.6 Å². The lowest BCUT2D eigenvalue weighted by Gasteiger charge is -2.35. The van der Waals surface area contributed by atoms with Gasteiger partial charge in [0.25, 0.3) is 0 Å². The fourth-order valence-corrected chi connectivity index (χ4v) is 7.26. The number of para-hydroxylation sites is 2. The fourth-order valence-electron chi connectivity index (χ4n) is 7.26. The molecule has 43 heavy (non-hydrogen) atoms. The summed E-state index contributed by atoms with van der Waals surface area (Å²) in [5, 5.41) is 37.5. The highest BCUT2D eigenvalue weighted by molar-refractivity contribution is 5.88. The van der Waals surface area contributed by atoms with Gasteiger partial charge in [0, 0.05) is 62.7 Å². The van der Waals surface area contributed by atoms with Gasteiger partial charge in [-0.25, -0.2) is 0 Å². The van der Waals surface area contributed by atoms with Gasteiger partial charge in [-0.1, -0.05) is 70.5 Å². The van der Waals surface area contributed by atoms with Crippen LogP contribution >= 0.6 is 0 Å². The van der Waals surface area contributed by atoms with Crippen molar-refractivity contribution in [2.45, 2.75) is 65.2 Å². The Hall–Kier alpha value is -4.16. The van der Waals surface area contributed by atoms with E-state index in [1.165, 1.54) is 5.56 Å². The van der Waals surface area contributed by atoms with Crippen LogP contribution in [0.5, 0.6) is 0 Å². The van der Waals surface area contributed by atoms with Crippen molar-refractivity contribution in [2.75, 3.05) is 11.9 Å². The highest BCUT2D eigenvalue weighted by atomic mass is 16.4. The van der Waals surface area contributed by atoms with Crippen LogP contribution in [0.15, 0.2) is 83.3 Å². The zero-order valence-electron chi connectivity index (χ0n) is 25.6. The Bertz CT molecular complexity index is 1840. The van der Waals surface area contributed by atoms with Crippen molar-refractivity contribution in [1.82, 2.24) is 4.98 Å². The maximum absolute atomic E-state index is 13.7. The first kappa shape index (κ1) is 28.9. The van der Waals surface area contributed by atoms with E-state index in [4.69, 9.17) is 5.11 Å². The fraction of sp³-hybridized carbons (Fsp3) is 0.351. The lowest BCUT2D eigenvalue weighted by atomic mass is 9.71. The van der Waals surface area contributed by atoms with Crippen molar-refractivity contribution in [3.05, 3.63) is 106 Å². The quantitative estimate of drug-likeness (QED) is 0.234. The average molecular weight is 577 g/mol. The summed E-state index contributed by atoms with van der Waals surface area (Å²) >= 11 is 0. The van der Waals surface area contributed by atoms with Gasteiger partial charge in [0.15, 0.2) is 5.57 Å². The van der Waals surface area contributed by atoms with E-state index in [1.807, 2.05) is 43.5 Å². The predicted molar refractivity (Wildman–Crippen MR) is 170 cm³/mol. The van der Waals surface area contributed by atoms with Crippen molar-refractivity contribution in [3.8, 4) is 0 Å². The Kier molecular flexibility index (Phi) is 7.09. The maximum atomic E-state index is 13.7. The summed E-state index contributed by atoms with van der Waals surface area (Å²) < 4.78 is 0. The lowest BCUT2D eigenvalue weighted by Crippen LogP contribution is -2.39. The number of nitrogens with one attached hydrogen (secondary N) is 1. The molecule has 222 valence electrons. The Morgan fingerprint density at radius 3 is 2.51 bits per heavy atom. The Morgan fingerprint density at radius 2 is 1.79 bits per heavy atom. The van der Waals surface area contributed by atoms with Gasteiger partial charge in [-0.2, -0.15) is 0 Å².